The normalized spacial score (nSPS) is 49.2. The van der Waals surface area contributed by atoms with Gasteiger partial charge in [0.05, 0.1) is 30.5 Å². The first kappa shape index (κ1) is 9.88. The van der Waals surface area contributed by atoms with Crippen molar-refractivity contribution < 1.29 is 14.9 Å². The molecule has 1 aliphatic rings. The van der Waals surface area contributed by atoms with Gasteiger partial charge in [0.1, 0.15) is 0 Å². The highest BCUT2D eigenvalue weighted by atomic mass is 16.5. The number of aliphatic hydroxyl groups excluding tert-OH is 2. The summed E-state index contributed by atoms with van der Waals surface area (Å²) in [4.78, 5) is 0. The fourth-order valence-electron chi connectivity index (χ4n) is 1.39. The van der Waals surface area contributed by atoms with Crippen LogP contribution in [0.2, 0.25) is 0 Å². The highest BCUT2D eigenvalue weighted by Gasteiger charge is 2.39. The molecule has 5 nitrogen and oxygen atoms in total. The molecule has 0 aromatic heterocycles. The van der Waals surface area contributed by atoms with Crippen LogP contribution < -0.4 is 11.5 Å². The monoisotopic (exact) mass is 176 g/mol. The number of nitrogens with two attached hydrogens (primary N) is 2. The van der Waals surface area contributed by atoms with E-state index in [9.17, 15) is 10.2 Å². The third kappa shape index (κ3) is 1.60. The number of hydrogen-bond acceptors (Lipinski definition) is 5. The van der Waals surface area contributed by atoms with Gasteiger partial charge in [0.15, 0.2) is 0 Å². The second-order valence-electron chi connectivity index (χ2n) is 3.17. The summed E-state index contributed by atoms with van der Waals surface area (Å²) in [5.74, 6) is 0. The average Bonchev–Trinajstić information content (AvgIpc) is 2.08. The minimum absolute atomic E-state index is 0.214. The summed E-state index contributed by atoms with van der Waals surface area (Å²) in [6.07, 6.45) is -2.51. The van der Waals surface area contributed by atoms with Crippen LogP contribution in [0.15, 0.2) is 0 Å². The fraction of sp³-hybridized carbons (Fsp3) is 1.00. The van der Waals surface area contributed by atoms with Crippen LogP contribution in [0.25, 0.3) is 0 Å². The summed E-state index contributed by atoms with van der Waals surface area (Å²) < 4.78 is 5.23. The van der Waals surface area contributed by atoms with Gasteiger partial charge in [-0.1, -0.05) is 0 Å². The van der Waals surface area contributed by atoms with Gasteiger partial charge in [0.25, 0.3) is 0 Å². The van der Waals surface area contributed by atoms with E-state index in [-0.39, 0.29) is 12.6 Å². The Balaban J connectivity index is 2.63. The Hall–Kier alpha value is -0.200. The van der Waals surface area contributed by atoms with Gasteiger partial charge < -0.3 is 26.4 Å². The first-order valence-corrected chi connectivity index (χ1v) is 4.05. The van der Waals surface area contributed by atoms with Gasteiger partial charge >= 0.3 is 0 Å². The fourth-order valence-corrected chi connectivity index (χ4v) is 1.39. The predicted molar refractivity (Wildman–Crippen MR) is 43.4 cm³/mol. The zero-order chi connectivity index (χ0) is 9.30. The predicted octanol–water partition coefficient (Wildman–Crippen LogP) is -2.22. The van der Waals surface area contributed by atoms with Gasteiger partial charge in [0, 0.05) is 6.54 Å². The molecule has 0 bridgehead atoms. The van der Waals surface area contributed by atoms with E-state index in [4.69, 9.17) is 16.2 Å². The van der Waals surface area contributed by atoms with Gasteiger partial charge in [-0.05, 0) is 6.92 Å². The van der Waals surface area contributed by atoms with Crippen LogP contribution in [0.5, 0.6) is 0 Å². The lowest BCUT2D eigenvalue weighted by Gasteiger charge is -2.39. The van der Waals surface area contributed by atoms with E-state index in [1.54, 1.807) is 6.92 Å². The molecule has 72 valence electrons. The second kappa shape index (κ2) is 3.68. The van der Waals surface area contributed by atoms with E-state index in [0.29, 0.717) is 0 Å². The van der Waals surface area contributed by atoms with E-state index in [1.807, 2.05) is 0 Å². The molecule has 6 N–H and O–H groups in total. The van der Waals surface area contributed by atoms with Crippen LogP contribution >= 0.6 is 0 Å². The summed E-state index contributed by atoms with van der Waals surface area (Å²) >= 11 is 0. The highest BCUT2D eigenvalue weighted by molar-refractivity contribution is 4.93. The van der Waals surface area contributed by atoms with Crippen molar-refractivity contribution in [2.75, 3.05) is 6.54 Å². The Morgan fingerprint density at radius 1 is 1.33 bits per heavy atom. The minimum Gasteiger partial charge on any atom is -0.389 e. The van der Waals surface area contributed by atoms with E-state index >= 15 is 0 Å². The molecule has 1 fully saturated rings. The molecule has 5 heteroatoms. The first-order valence-electron chi connectivity index (χ1n) is 4.05. The average molecular weight is 176 g/mol. The third-order valence-corrected chi connectivity index (χ3v) is 2.27. The molecule has 1 saturated heterocycles. The maximum atomic E-state index is 9.44. The highest BCUT2D eigenvalue weighted by Crippen LogP contribution is 2.18. The van der Waals surface area contributed by atoms with Gasteiger partial charge in [-0.3, -0.25) is 0 Å². The maximum Gasteiger partial charge on any atom is 0.0991 e. The first-order chi connectivity index (χ1) is 5.57. The standard InChI is InChI=1S/C7H16N2O3/c1-3-6(10)5(9)7(11)4(2-8)12-3/h3-7,10-11H,2,8-9H2,1H3/t3-,4-,5-,6+,7-/m1/s1. The topological polar surface area (TPSA) is 102 Å². The Kier molecular flexibility index (Phi) is 3.03. The molecule has 1 heterocycles. The molecule has 0 aromatic carbocycles. The third-order valence-electron chi connectivity index (χ3n) is 2.27. The molecule has 5 atom stereocenters. The summed E-state index contributed by atoms with van der Waals surface area (Å²) in [7, 11) is 0. The van der Waals surface area contributed by atoms with Crippen LogP contribution in [-0.2, 0) is 4.74 Å². The molecule has 0 saturated carbocycles. The number of ether oxygens (including phenoxy) is 1. The van der Waals surface area contributed by atoms with Crippen molar-refractivity contribution in [2.24, 2.45) is 11.5 Å². The van der Waals surface area contributed by atoms with Crippen LogP contribution in [0.1, 0.15) is 6.92 Å². The van der Waals surface area contributed by atoms with Crippen molar-refractivity contribution in [1.82, 2.24) is 0 Å². The Labute approximate surface area is 71.3 Å². The summed E-state index contributed by atoms with van der Waals surface area (Å²) in [5, 5.41) is 18.8. The SMILES string of the molecule is C[C@H]1O[C@H](CN)[C@@H](O)[C@H](N)[C@H]1O. The number of aliphatic hydroxyl groups is 2. The van der Waals surface area contributed by atoms with Crippen molar-refractivity contribution >= 4 is 0 Å². The van der Waals surface area contributed by atoms with E-state index in [0.717, 1.165) is 0 Å². The van der Waals surface area contributed by atoms with E-state index in [1.165, 1.54) is 0 Å². The Morgan fingerprint density at radius 2 is 1.92 bits per heavy atom. The molecule has 1 rings (SSSR count). The van der Waals surface area contributed by atoms with Crippen LogP contribution in [-0.4, -0.2) is 47.2 Å². The number of rotatable bonds is 1. The summed E-state index contributed by atoms with van der Waals surface area (Å²) in [6, 6.07) is -0.665. The van der Waals surface area contributed by atoms with E-state index in [2.05, 4.69) is 0 Å². The van der Waals surface area contributed by atoms with E-state index < -0.39 is 24.4 Å². The van der Waals surface area contributed by atoms with Crippen molar-refractivity contribution in [2.45, 2.75) is 37.4 Å². The molecule has 0 unspecified atom stereocenters. The molecular weight excluding hydrogens is 160 g/mol. The molecule has 0 radical (unpaired) electrons. The maximum absolute atomic E-state index is 9.44. The number of hydrogen-bond donors (Lipinski definition) is 4. The Bertz CT molecular complexity index is 151. The van der Waals surface area contributed by atoms with Crippen molar-refractivity contribution in [3.05, 3.63) is 0 Å². The van der Waals surface area contributed by atoms with Gasteiger partial charge in [-0.15, -0.1) is 0 Å². The molecule has 12 heavy (non-hydrogen) atoms. The second-order valence-corrected chi connectivity index (χ2v) is 3.17. The largest absolute Gasteiger partial charge is 0.389 e. The molecule has 0 aromatic rings. The van der Waals surface area contributed by atoms with Gasteiger partial charge in [0.2, 0.25) is 0 Å². The van der Waals surface area contributed by atoms with Crippen molar-refractivity contribution in [1.29, 1.82) is 0 Å². The lowest BCUT2D eigenvalue weighted by Crippen LogP contribution is -2.62. The van der Waals surface area contributed by atoms with Crippen LogP contribution in [0.3, 0.4) is 0 Å². The molecule has 0 spiro atoms. The smallest absolute Gasteiger partial charge is 0.0991 e. The van der Waals surface area contributed by atoms with Crippen molar-refractivity contribution in [3.8, 4) is 0 Å². The van der Waals surface area contributed by atoms with Crippen LogP contribution in [0, 0.1) is 0 Å². The molecule has 0 aliphatic carbocycles. The lowest BCUT2D eigenvalue weighted by atomic mass is 9.94. The van der Waals surface area contributed by atoms with Gasteiger partial charge in [-0.25, -0.2) is 0 Å². The zero-order valence-corrected chi connectivity index (χ0v) is 7.05. The zero-order valence-electron chi connectivity index (χ0n) is 7.05. The Morgan fingerprint density at radius 3 is 2.42 bits per heavy atom. The minimum atomic E-state index is -0.874. The molecular formula is C7H16N2O3. The summed E-state index contributed by atoms with van der Waals surface area (Å²) in [5.41, 5.74) is 10.9. The quantitative estimate of drug-likeness (QED) is 0.362. The van der Waals surface area contributed by atoms with Gasteiger partial charge in [-0.2, -0.15) is 0 Å². The lowest BCUT2D eigenvalue weighted by molar-refractivity contribution is -0.168. The summed E-state index contributed by atoms with van der Waals surface area (Å²) in [6.45, 7) is 1.92. The molecule has 0 amide bonds. The van der Waals surface area contributed by atoms with Crippen molar-refractivity contribution in [3.63, 3.8) is 0 Å². The van der Waals surface area contributed by atoms with Crippen LogP contribution in [0.4, 0.5) is 0 Å². The molecule has 1 aliphatic heterocycles.